The van der Waals surface area contributed by atoms with E-state index in [9.17, 15) is 4.79 Å². The third-order valence-electron chi connectivity index (χ3n) is 3.61. The topological polar surface area (TPSA) is 84.4 Å². The summed E-state index contributed by atoms with van der Waals surface area (Å²) < 4.78 is 10.8. The molecule has 0 saturated heterocycles. The Bertz CT molecular complexity index is 914. The molecule has 0 aliphatic rings. The molecule has 2 heterocycles. The van der Waals surface area contributed by atoms with Crippen molar-refractivity contribution in [1.82, 2.24) is 20.4 Å². The van der Waals surface area contributed by atoms with Gasteiger partial charge in [-0.25, -0.2) is 0 Å². The first-order valence-corrected chi connectivity index (χ1v) is 8.12. The van der Waals surface area contributed by atoms with Crippen LogP contribution in [0.4, 0.5) is 0 Å². The maximum absolute atomic E-state index is 12.5. The highest BCUT2D eigenvalue weighted by molar-refractivity contribution is 6.31. The standard InChI is InChI=1S/C17H19ClN4O3/c1-17(2,16-19-14(25-21-16)9-22(3)4)20-15(23)13-8-10-7-11(18)5-6-12(10)24-13/h5-8H,9H2,1-4H3,(H,20,23). The van der Waals surface area contributed by atoms with E-state index >= 15 is 0 Å². The van der Waals surface area contributed by atoms with Crippen LogP contribution in [0.1, 0.15) is 36.1 Å². The van der Waals surface area contributed by atoms with E-state index in [1.807, 2.05) is 19.0 Å². The Labute approximate surface area is 149 Å². The van der Waals surface area contributed by atoms with Gasteiger partial charge in [0.05, 0.1) is 12.1 Å². The van der Waals surface area contributed by atoms with Gasteiger partial charge in [-0.1, -0.05) is 16.8 Å². The first-order valence-electron chi connectivity index (χ1n) is 7.74. The Kier molecular flexibility index (Phi) is 4.53. The minimum atomic E-state index is -0.818. The summed E-state index contributed by atoms with van der Waals surface area (Å²) in [6.07, 6.45) is 0. The van der Waals surface area contributed by atoms with Crippen LogP contribution in [0.3, 0.4) is 0 Å². The Hall–Kier alpha value is -2.38. The zero-order valence-corrected chi connectivity index (χ0v) is 15.2. The van der Waals surface area contributed by atoms with Crippen LogP contribution in [0.2, 0.25) is 5.02 Å². The van der Waals surface area contributed by atoms with Crippen molar-refractivity contribution < 1.29 is 13.7 Å². The predicted octanol–water partition coefficient (Wildman–Crippen LogP) is 3.20. The molecule has 0 saturated carbocycles. The van der Waals surface area contributed by atoms with Crippen molar-refractivity contribution in [2.24, 2.45) is 0 Å². The largest absolute Gasteiger partial charge is 0.451 e. The van der Waals surface area contributed by atoms with Crippen molar-refractivity contribution in [2.45, 2.75) is 25.9 Å². The molecule has 0 radical (unpaired) electrons. The summed E-state index contributed by atoms with van der Waals surface area (Å²) in [6.45, 7) is 4.13. The average Bonchev–Trinajstić information content (AvgIpc) is 3.12. The smallest absolute Gasteiger partial charge is 0.287 e. The molecule has 25 heavy (non-hydrogen) atoms. The van der Waals surface area contributed by atoms with Crippen LogP contribution < -0.4 is 5.32 Å². The van der Waals surface area contributed by atoms with E-state index in [2.05, 4.69) is 15.5 Å². The lowest BCUT2D eigenvalue weighted by atomic mass is 10.0. The summed E-state index contributed by atoms with van der Waals surface area (Å²) >= 11 is 5.96. The molecule has 1 aromatic carbocycles. The molecule has 1 N–H and O–H groups in total. The molecular weight excluding hydrogens is 344 g/mol. The van der Waals surface area contributed by atoms with Crippen molar-refractivity contribution in [1.29, 1.82) is 0 Å². The molecule has 7 nitrogen and oxygen atoms in total. The number of nitrogens with zero attached hydrogens (tertiary/aromatic N) is 3. The molecule has 0 unspecified atom stereocenters. The summed E-state index contributed by atoms with van der Waals surface area (Å²) in [5.41, 5.74) is -0.220. The first kappa shape index (κ1) is 17.4. The van der Waals surface area contributed by atoms with Crippen LogP contribution in [0.5, 0.6) is 0 Å². The minimum Gasteiger partial charge on any atom is -0.451 e. The van der Waals surface area contributed by atoms with Crippen molar-refractivity contribution in [3.05, 3.63) is 46.8 Å². The molecular formula is C17H19ClN4O3. The lowest BCUT2D eigenvalue weighted by molar-refractivity contribution is 0.0881. The molecule has 0 aliphatic heterocycles. The fourth-order valence-electron chi connectivity index (χ4n) is 2.37. The Morgan fingerprint density at radius 3 is 2.80 bits per heavy atom. The van der Waals surface area contributed by atoms with E-state index in [-0.39, 0.29) is 11.7 Å². The number of nitrogens with one attached hydrogen (secondary N) is 1. The van der Waals surface area contributed by atoms with Gasteiger partial charge in [0.25, 0.3) is 5.91 Å². The number of hydrogen-bond donors (Lipinski definition) is 1. The lowest BCUT2D eigenvalue weighted by Crippen LogP contribution is -2.41. The van der Waals surface area contributed by atoms with Crippen molar-refractivity contribution in [3.63, 3.8) is 0 Å². The second-order valence-electron chi connectivity index (χ2n) is 6.62. The normalized spacial score (nSPS) is 12.1. The number of rotatable bonds is 5. The highest BCUT2D eigenvalue weighted by atomic mass is 35.5. The number of benzene rings is 1. The fraction of sp³-hybridized carbons (Fsp3) is 0.353. The summed E-state index contributed by atoms with van der Waals surface area (Å²) in [5.74, 6) is 0.719. The molecule has 8 heteroatoms. The van der Waals surface area contributed by atoms with Gasteiger partial charge in [0, 0.05) is 10.4 Å². The van der Waals surface area contributed by atoms with Crippen LogP contribution in [0.15, 0.2) is 33.2 Å². The lowest BCUT2D eigenvalue weighted by Gasteiger charge is -2.21. The van der Waals surface area contributed by atoms with E-state index in [4.69, 9.17) is 20.5 Å². The van der Waals surface area contributed by atoms with Gasteiger partial charge in [-0.15, -0.1) is 0 Å². The summed E-state index contributed by atoms with van der Waals surface area (Å²) in [4.78, 5) is 18.8. The second kappa shape index (κ2) is 6.50. The minimum absolute atomic E-state index is 0.197. The molecule has 0 bridgehead atoms. The van der Waals surface area contributed by atoms with E-state index in [0.29, 0.717) is 28.9 Å². The molecule has 0 atom stereocenters. The highest BCUT2D eigenvalue weighted by Crippen LogP contribution is 2.24. The maximum Gasteiger partial charge on any atom is 0.287 e. The van der Waals surface area contributed by atoms with E-state index in [0.717, 1.165) is 5.39 Å². The van der Waals surface area contributed by atoms with Crippen LogP contribution in [0.25, 0.3) is 11.0 Å². The highest BCUT2D eigenvalue weighted by Gasteiger charge is 2.30. The zero-order valence-electron chi connectivity index (χ0n) is 14.5. The van der Waals surface area contributed by atoms with Crippen LogP contribution >= 0.6 is 11.6 Å². The van der Waals surface area contributed by atoms with Gasteiger partial charge in [0.2, 0.25) is 5.89 Å². The van der Waals surface area contributed by atoms with Crippen molar-refractivity contribution >= 4 is 28.5 Å². The van der Waals surface area contributed by atoms with Gasteiger partial charge >= 0.3 is 0 Å². The van der Waals surface area contributed by atoms with Crippen LogP contribution in [0, 0.1) is 0 Å². The summed E-state index contributed by atoms with van der Waals surface area (Å²) in [6, 6.07) is 6.84. The third kappa shape index (κ3) is 3.83. The molecule has 1 amide bonds. The number of carbonyl (C=O) groups excluding carboxylic acids is 1. The third-order valence-corrected chi connectivity index (χ3v) is 3.84. The Morgan fingerprint density at radius 2 is 2.08 bits per heavy atom. The van der Waals surface area contributed by atoms with Crippen LogP contribution in [-0.2, 0) is 12.1 Å². The number of aromatic nitrogens is 2. The molecule has 0 fully saturated rings. The number of amides is 1. The van der Waals surface area contributed by atoms with Gasteiger partial charge in [0.15, 0.2) is 11.6 Å². The monoisotopic (exact) mass is 362 g/mol. The summed E-state index contributed by atoms with van der Waals surface area (Å²) in [5, 5.41) is 8.18. The predicted molar refractivity (Wildman–Crippen MR) is 93.4 cm³/mol. The summed E-state index contributed by atoms with van der Waals surface area (Å²) in [7, 11) is 3.81. The SMILES string of the molecule is CN(C)Cc1nc(C(C)(C)NC(=O)c2cc3cc(Cl)ccc3o2)no1. The second-order valence-corrected chi connectivity index (χ2v) is 7.06. The number of fused-ring (bicyclic) bond motifs is 1. The Morgan fingerprint density at radius 1 is 1.32 bits per heavy atom. The van der Waals surface area contributed by atoms with Crippen molar-refractivity contribution in [2.75, 3.05) is 14.1 Å². The van der Waals surface area contributed by atoms with E-state index < -0.39 is 5.54 Å². The molecule has 3 rings (SSSR count). The van der Waals surface area contributed by atoms with Crippen molar-refractivity contribution in [3.8, 4) is 0 Å². The first-order chi connectivity index (χ1) is 11.7. The van der Waals surface area contributed by atoms with E-state index in [1.165, 1.54) is 0 Å². The fourth-order valence-corrected chi connectivity index (χ4v) is 2.55. The number of carbonyl (C=O) groups is 1. The number of furan rings is 1. The average molecular weight is 363 g/mol. The Balaban J connectivity index is 1.78. The van der Waals surface area contributed by atoms with Gasteiger partial charge < -0.3 is 19.2 Å². The van der Waals surface area contributed by atoms with Gasteiger partial charge in [-0.3, -0.25) is 4.79 Å². The molecule has 2 aromatic heterocycles. The molecule has 132 valence electrons. The number of halogens is 1. The van der Waals surface area contributed by atoms with Gasteiger partial charge in [-0.2, -0.15) is 4.98 Å². The maximum atomic E-state index is 12.5. The molecule has 3 aromatic rings. The zero-order chi connectivity index (χ0) is 18.2. The van der Waals surface area contributed by atoms with Gasteiger partial charge in [-0.05, 0) is 52.2 Å². The number of hydrogen-bond acceptors (Lipinski definition) is 6. The van der Waals surface area contributed by atoms with E-state index in [1.54, 1.807) is 38.1 Å². The van der Waals surface area contributed by atoms with Gasteiger partial charge in [0.1, 0.15) is 5.58 Å². The quantitative estimate of drug-likeness (QED) is 0.750. The molecule has 0 spiro atoms. The molecule has 0 aliphatic carbocycles. The van der Waals surface area contributed by atoms with Crippen LogP contribution in [-0.4, -0.2) is 35.0 Å².